The van der Waals surface area contributed by atoms with Crippen molar-refractivity contribution in [2.45, 2.75) is 0 Å². The second-order valence-corrected chi connectivity index (χ2v) is 8.62. The van der Waals surface area contributed by atoms with Gasteiger partial charge in [0.15, 0.2) is 0 Å². The average molecular weight is 481 g/mol. The van der Waals surface area contributed by atoms with Gasteiger partial charge in [0.25, 0.3) is 0 Å². The minimum absolute atomic E-state index is 0.113. The molecule has 2 amide bonds. The Bertz CT molecular complexity index is 1240. The standard InChI is InChI=1S/C25H22Cl2N4O2/c1-30(2)18-10-8-17(9-11-18)29-23(32)15-31-22-12-7-16(26)13-20(22)25(28-14-24(31)33)19-5-3-4-6-21(19)27/h3-13H,14-15H2,1-2H3,(H,29,32). The molecule has 0 aliphatic carbocycles. The van der Waals surface area contributed by atoms with E-state index in [9.17, 15) is 9.59 Å². The van der Waals surface area contributed by atoms with Crippen molar-refractivity contribution >= 4 is 57.8 Å². The Morgan fingerprint density at radius 3 is 2.45 bits per heavy atom. The van der Waals surface area contributed by atoms with E-state index < -0.39 is 0 Å². The van der Waals surface area contributed by atoms with Crippen LogP contribution in [0, 0.1) is 0 Å². The van der Waals surface area contributed by atoms with Crippen LogP contribution < -0.4 is 15.1 Å². The number of carbonyl (C=O) groups excluding carboxylic acids is 2. The van der Waals surface area contributed by atoms with E-state index in [1.165, 1.54) is 4.90 Å². The number of hydrogen-bond acceptors (Lipinski definition) is 4. The smallest absolute Gasteiger partial charge is 0.249 e. The second kappa shape index (κ2) is 9.65. The lowest BCUT2D eigenvalue weighted by Crippen LogP contribution is -2.39. The minimum Gasteiger partial charge on any atom is -0.378 e. The minimum atomic E-state index is -0.317. The molecule has 3 aromatic carbocycles. The molecular formula is C25H22Cl2N4O2. The van der Waals surface area contributed by atoms with Gasteiger partial charge in [-0.2, -0.15) is 0 Å². The van der Waals surface area contributed by atoms with Gasteiger partial charge in [0.05, 0.1) is 11.4 Å². The average Bonchev–Trinajstić information content (AvgIpc) is 2.91. The van der Waals surface area contributed by atoms with E-state index in [2.05, 4.69) is 10.3 Å². The van der Waals surface area contributed by atoms with Crippen molar-refractivity contribution in [3.8, 4) is 0 Å². The molecule has 0 atom stereocenters. The summed E-state index contributed by atoms with van der Waals surface area (Å²) in [5.41, 5.74) is 4.13. The molecule has 3 aromatic rings. The Morgan fingerprint density at radius 2 is 1.76 bits per heavy atom. The third-order valence-electron chi connectivity index (χ3n) is 5.28. The van der Waals surface area contributed by atoms with Crippen molar-refractivity contribution in [1.29, 1.82) is 0 Å². The van der Waals surface area contributed by atoms with E-state index >= 15 is 0 Å². The van der Waals surface area contributed by atoms with E-state index in [0.717, 1.165) is 5.69 Å². The summed E-state index contributed by atoms with van der Waals surface area (Å²) in [5.74, 6) is -0.609. The van der Waals surface area contributed by atoms with Crippen LogP contribution in [0.15, 0.2) is 71.7 Å². The van der Waals surface area contributed by atoms with Crippen molar-refractivity contribution in [2.24, 2.45) is 4.99 Å². The first kappa shape index (κ1) is 22.8. The van der Waals surface area contributed by atoms with Gasteiger partial charge in [-0.3, -0.25) is 14.6 Å². The monoisotopic (exact) mass is 480 g/mol. The maximum Gasteiger partial charge on any atom is 0.249 e. The zero-order valence-corrected chi connectivity index (χ0v) is 19.7. The number of anilines is 3. The molecule has 6 nitrogen and oxygen atoms in total. The van der Waals surface area contributed by atoms with Gasteiger partial charge in [0, 0.05) is 46.6 Å². The Hall–Kier alpha value is -3.35. The summed E-state index contributed by atoms with van der Waals surface area (Å²) < 4.78 is 0. The molecule has 0 bridgehead atoms. The zero-order chi connectivity index (χ0) is 23.5. The summed E-state index contributed by atoms with van der Waals surface area (Å²) in [6.45, 7) is -0.272. The van der Waals surface area contributed by atoms with Crippen LogP contribution in [0.4, 0.5) is 17.1 Å². The lowest BCUT2D eigenvalue weighted by Gasteiger charge is -2.23. The molecule has 0 fully saturated rings. The van der Waals surface area contributed by atoms with Crippen molar-refractivity contribution in [3.63, 3.8) is 0 Å². The summed E-state index contributed by atoms with van der Waals surface area (Å²) in [6, 6.07) is 19.9. The fraction of sp³-hybridized carbons (Fsp3) is 0.160. The highest BCUT2D eigenvalue weighted by Gasteiger charge is 2.27. The molecule has 8 heteroatoms. The largest absolute Gasteiger partial charge is 0.378 e. The van der Waals surface area contributed by atoms with Crippen LogP contribution in [0.3, 0.4) is 0 Å². The van der Waals surface area contributed by atoms with Crippen molar-refractivity contribution in [1.82, 2.24) is 0 Å². The maximum absolute atomic E-state index is 13.0. The Kier molecular flexibility index (Phi) is 6.67. The van der Waals surface area contributed by atoms with Crippen LogP contribution in [-0.2, 0) is 9.59 Å². The third-order valence-corrected chi connectivity index (χ3v) is 5.84. The second-order valence-electron chi connectivity index (χ2n) is 7.78. The lowest BCUT2D eigenvalue weighted by atomic mass is 10.00. The van der Waals surface area contributed by atoms with Gasteiger partial charge < -0.3 is 15.1 Å². The predicted molar refractivity (Wildman–Crippen MR) is 135 cm³/mol. The third kappa shape index (κ3) is 5.02. The lowest BCUT2D eigenvalue weighted by molar-refractivity contribution is -0.120. The van der Waals surface area contributed by atoms with Gasteiger partial charge in [0.2, 0.25) is 11.8 Å². The van der Waals surface area contributed by atoms with Crippen LogP contribution in [0.25, 0.3) is 0 Å². The first-order valence-electron chi connectivity index (χ1n) is 10.3. The molecule has 33 heavy (non-hydrogen) atoms. The number of aliphatic imine (C=N–C) groups is 1. The number of benzodiazepines with no additional fused rings is 1. The number of amides is 2. The van der Waals surface area contributed by atoms with Crippen molar-refractivity contribution in [3.05, 3.63) is 87.9 Å². The molecule has 4 rings (SSSR count). The summed E-state index contributed by atoms with van der Waals surface area (Å²) in [5, 5.41) is 3.86. The van der Waals surface area contributed by atoms with Gasteiger partial charge in [-0.05, 0) is 48.5 Å². The number of halogens is 2. The SMILES string of the molecule is CN(C)c1ccc(NC(=O)CN2C(=O)CN=C(c3ccccc3Cl)c3cc(Cl)ccc32)cc1. The number of nitrogens with one attached hydrogen (secondary N) is 1. The fourth-order valence-corrected chi connectivity index (χ4v) is 4.03. The van der Waals surface area contributed by atoms with E-state index in [1.54, 1.807) is 24.3 Å². The molecule has 1 heterocycles. The number of rotatable bonds is 5. The van der Waals surface area contributed by atoms with Gasteiger partial charge in [0.1, 0.15) is 13.1 Å². The molecule has 0 saturated carbocycles. The summed E-state index contributed by atoms with van der Waals surface area (Å²) in [7, 11) is 3.89. The number of hydrogen-bond donors (Lipinski definition) is 1. The summed E-state index contributed by atoms with van der Waals surface area (Å²) in [6.07, 6.45) is 0. The quantitative estimate of drug-likeness (QED) is 0.565. The zero-order valence-electron chi connectivity index (χ0n) is 18.2. The Labute approximate surface area is 202 Å². The van der Waals surface area contributed by atoms with E-state index in [0.29, 0.717) is 38.3 Å². The number of nitrogens with zero attached hydrogens (tertiary/aromatic N) is 3. The maximum atomic E-state index is 13.0. The molecule has 1 aliphatic heterocycles. The van der Waals surface area contributed by atoms with Gasteiger partial charge >= 0.3 is 0 Å². The summed E-state index contributed by atoms with van der Waals surface area (Å²) >= 11 is 12.7. The molecule has 0 spiro atoms. The van der Waals surface area contributed by atoms with E-state index in [-0.39, 0.29) is 24.9 Å². The van der Waals surface area contributed by atoms with Crippen LogP contribution >= 0.6 is 23.2 Å². The highest BCUT2D eigenvalue weighted by atomic mass is 35.5. The normalized spacial score (nSPS) is 13.2. The highest BCUT2D eigenvalue weighted by Crippen LogP contribution is 2.31. The van der Waals surface area contributed by atoms with Crippen molar-refractivity contribution < 1.29 is 9.59 Å². The number of carbonyl (C=O) groups is 2. The number of fused-ring (bicyclic) bond motifs is 1. The van der Waals surface area contributed by atoms with Crippen LogP contribution in [0.5, 0.6) is 0 Å². The van der Waals surface area contributed by atoms with E-state index in [1.807, 2.05) is 61.5 Å². The van der Waals surface area contributed by atoms with Crippen LogP contribution in [0.2, 0.25) is 10.0 Å². The molecule has 1 aliphatic rings. The van der Waals surface area contributed by atoms with Gasteiger partial charge in [-0.1, -0.05) is 41.4 Å². The van der Waals surface area contributed by atoms with E-state index in [4.69, 9.17) is 23.2 Å². The molecule has 0 saturated heterocycles. The Morgan fingerprint density at radius 1 is 1.03 bits per heavy atom. The predicted octanol–water partition coefficient (Wildman–Crippen LogP) is 4.88. The Balaban J connectivity index is 1.63. The molecule has 1 N–H and O–H groups in total. The van der Waals surface area contributed by atoms with Crippen LogP contribution in [-0.4, -0.2) is 44.7 Å². The fourth-order valence-electron chi connectivity index (χ4n) is 3.63. The summed E-state index contributed by atoms with van der Waals surface area (Å²) in [4.78, 5) is 33.8. The first-order chi connectivity index (χ1) is 15.8. The first-order valence-corrected chi connectivity index (χ1v) is 11.1. The topological polar surface area (TPSA) is 65.0 Å². The molecule has 168 valence electrons. The van der Waals surface area contributed by atoms with Gasteiger partial charge in [-0.15, -0.1) is 0 Å². The molecule has 0 radical (unpaired) electrons. The molecule has 0 aromatic heterocycles. The van der Waals surface area contributed by atoms with Crippen molar-refractivity contribution in [2.75, 3.05) is 42.3 Å². The molecular weight excluding hydrogens is 459 g/mol. The molecule has 0 unspecified atom stereocenters. The van der Waals surface area contributed by atoms with Gasteiger partial charge in [-0.25, -0.2) is 0 Å². The number of benzene rings is 3. The highest BCUT2D eigenvalue weighted by molar-refractivity contribution is 6.37. The van der Waals surface area contributed by atoms with Crippen LogP contribution in [0.1, 0.15) is 11.1 Å².